The van der Waals surface area contributed by atoms with Crippen molar-refractivity contribution in [3.63, 3.8) is 0 Å². The number of carboxylic acids is 1. The van der Waals surface area contributed by atoms with Crippen molar-refractivity contribution in [1.29, 1.82) is 0 Å². The monoisotopic (exact) mass is 491 g/mol. The van der Waals surface area contributed by atoms with Gasteiger partial charge in [-0.3, -0.25) is 4.79 Å². The zero-order valence-corrected chi connectivity index (χ0v) is 19.2. The molecule has 1 amide bonds. The maximum absolute atomic E-state index is 12.4. The molecule has 1 atom stereocenters. The number of likely N-dealkylation sites (tertiary alicyclic amines) is 1. The first kappa shape index (κ1) is 25.0. The van der Waals surface area contributed by atoms with Crippen molar-refractivity contribution < 1.29 is 37.3 Å². The van der Waals surface area contributed by atoms with E-state index in [2.05, 4.69) is 4.74 Å². The first-order chi connectivity index (χ1) is 16.7. The molecule has 2 saturated heterocycles. The smallest absolute Gasteiger partial charge is 0.478 e. The molecule has 1 N–H and O–H groups in total. The van der Waals surface area contributed by atoms with E-state index in [1.54, 1.807) is 30.3 Å². The maximum atomic E-state index is 12.4. The number of carbonyl (C=O) groups is 2. The SMILES string of the molecule is O=C(C1CCCO1)N1CCC2(CC1)CC2.O=C(O)c1ccc(OC(F)(F)F)c(-c2ccccc2)c1. The predicted molar refractivity (Wildman–Crippen MR) is 122 cm³/mol. The summed E-state index contributed by atoms with van der Waals surface area (Å²) in [4.78, 5) is 25.0. The number of carboxylic acid groups (broad SMARTS) is 1. The Morgan fingerprint density at radius 2 is 1.71 bits per heavy atom. The van der Waals surface area contributed by atoms with Crippen LogP contribution in [0.4, 0.5) is 13.2 Å². The molecule has 0 aromatic heterocycles. The third-order valence-corrected chi connectivity index (χ3v) is 6.83. The van der Waals surface area contributed by atoms with Crippen molar-refractivity contribution in [2.75, 3.05) is 19.7 Å². The van der Waals surface area contributed by atoms with E-state index in [4.69, 9.17) is 9.84 Å². The van der Waals surface area contributed by atoms with E-state index < -0.39 is 18.1 Å². The van der Waals surface area contributed by atoms with E-state index >= 15 is 0 Å². The Balaban J connectivity index is 0.000000171. The van der Waals surface area contributed by atoms with E-state index in [9.17, 15) is 22.8 Å². The van der Waals surface area contributed by atoms with Crippen LogP contribution in [0.1, 0.15) is 48.9 Å². The fourth-order valence-corrected chi connectivity index (χ4v) is 4.57. The van der Waals surface area contributed by atoms with Crippen molar-refractivity contribution in [2.45, 2.75) is 51.0 Å². The molecular formula is C26H28F3NO5. The van der Waals surface area contributed by atoms with Crippen molar-refractivity contribution in [2.24, 2.45) is 5.41 Å². The molecule has 5 rings (SSSR count). The number of piperidine rings is 1. The van der Waals surface area contributed by atoms with Crippen LogP contribution >= 0.6 is 0 Å². The van der Waals surface area contributed by atoms with E-state index in [1.807, 2.05) is 4.90 Å². The Labute approximate surface area is 201 Å². The van der Waals surface area contributed by atoms with Crippen LogP contribution in [0, 0.1) is 5.41 Å². The molecule has 3 fully saturated rings. The van der Waals surface area contributed by atoms with E-state index in [1.165, 1.54) is 25.7 Å². The summed E-state index contributed by atoms with van der Waals surface area (Å²) in [7, 11) is 0. The summed E-state index contributed by atoms with van der Waals surface area (Å²) in [6.07, 6.45) is 2.28. The lowest BCUT2D eigenvalue weighted by Crippen LogP contribution is -2.44. The van der Waals surface area contributed by atoms with Gasteiger partial charge in [-0.15, -0.1) is 13.2 Å². The molecule has 2 heterocycles. The van der Waals surface area contributed by atoms with Gasteiger partial charge in [0.25, 0.3) is 5.91 Å². The Hall–Kier alpha value is -3.07. The molecule has 1 spiro atoms. The first-order valence-electron chi connectivity index (χ1n) is 11.7. The predicted octanol–water partition coefficient (Wildman–Crippen LogP) is 5.52. The number of hydrogen-bond acceptors (Lipinski definition) is 4. The summed E-state index contributed by atoms with van der Waals surface area (Å²) in [5, 5.41) is 8.92. The molecule has 1 saturated carbocycles. The molecule has 2 aromatic carbocycles. The Kier molecular flexibility index (Phi) is 7.35. The highest BCUT2D eigenvalue weighted by Gasteiger charge is 2.45. The fourth-order valence-electron chi connectivity index (χ4n) is 4.57. The number of ether oxygens (including phenoxy) is 2. The van der Waals surface area contributed by atoms with Crippen molar-refractivity contribution in [3.05, 3.63) is 54.1 Å². The van der Waals surface area contributed by atoms with Gasteiger partial charge in [0.05, 0.1) is 5.56 Å². The van der Waals surface area contributed by atoms with Gasteiger partial charge >= 0.3 is 12.3 Å². The number of alkyl halides is 3. The third-order valence-electron chi connectivity index (χ3n) is 6.83. The van der Waals surface area contributed by atoms with Crippen LogP contribution in [0.15, 0.2) is 48.5 Å². The third kappa shape index (κ3) is 6.54. The summed E-state index contributed by atoms with van der Waals surface area (Å²) in [5.41, 5.74) is 1.06. The van der Waals surface area contributed by atoms with Gasteiger partial charge in [0.15, 0.2) is 0 Å². The van der Waals surface area contributed by atoms with Gasteiger partial charge in [-0.1, -0.05) is 30.3 Å². The average Bonchev–Trinajstić information content (AvgIpc) is 3.35. The summed E-state index contributed by atoms with van der Waals surface area (Å²) in [5.74, 6) is -1.41. The highest BCUT2D eigenvalue weighted by molar-refractivity contribution is 5.90. The van der Waals surface area contributed by atoms with Crippen LogP contribution in [-0.4, -0.2) is 54.0 Å². The Morgan fingerprint density at radius 1 is 1.03 bits per heavy atom. The van der Waals surface area contributed by atoms with Crippen molar-refractivity contribution in [1.82, 2.24) is 4.90 Å². The summed E-state index contributed by atoms with van der Waals surface area (Å²) in [6, 6.07) is 11.3. The maximum Gasteiger partial charge on any atom is 0.573 e. The van der Waals surface area contributed by atoms with E-state index in [-0.39, 0.29) is 23.1 Å². The van der Waals surface area contributed by atoms with Gasteiger partial charge in [0.1, 0.15) is 11.9 Å². The minimum absolute atomic E-state index is 0.0721. The van der Waals surface area contributed by atoms with Crippen molar-refractivity contribution in [3.8, 4) is 16.9 Å². The van der Waals surface area contributed by atoms with Gasteiger partial charge < -0.3 is 19.5 Å². The van der Waals surface area contributed by atoms with Gasteiger partial charge in [-0.05, 0) is 67.7 Å². The molecule has 1 unspecified atom stereocenters. The fraction of sp³-hybridized carbons (Fsp3) is 0.462. The second-order valence-electron chi connectivity index (χ2n) is 9.26. The molecule has 2 aromatic rings. The number of rotatable bonds is 4. The topological polar surface area (TPSA) is 76.1 Å². The summed E-state index contributed by atoms with van der Waals surface area (Å²) in [6.45, 7) is 2.71. The second kappa shape index (κ2) is 10.3. The van der Waals surface area contributed by atoms with Crippen LogP contribution < -0.4 is 4.74 Å². The number of aromatic carboxylic acids is 1. The Bertz CT molecular complexity index is 1040. The average molecular weight is 492 g/mol. The molecule has 35 heavy (non-hydrogen) atoms. The van der Waals surface area contributed by atoms with Gasteiger partial charge in [-0.2, -0.15) is 0 Å². The molecule has 6 nitrogen and oxygen atoms in total. The van der Waals surface area contributed by atoms with Gasteiger partial charge in [0.2, 0.25) is 0 Å². The van der Waals surface area contributed by atoms with Crippen LogP contribution in [0.2, 0.25) is 0 Å². The minimum atomic E-state index is -4.84. The number of benzene rings is 2. The van der Waals surface area contributed by atoms with Crippen LogP contribution in [0.25, 0.3) is 11.1 Å². The minimum Gasteiger partial charge on any atom is -0.478 e. The molecule has 2 aliphatic heterocycles. The van der Waals surface area contributed by atoms with Crippen LogP contribution in [0.3, 0.4) is 0 Å². The molecular weight excluding hydrogens is 463 g/mol. The lowest BCUT2D eigenvalue weighted by molar-refractivity contribution is -0.274. The largest absolute Gasteiger partial charge is 0.573 e. The molecule has 0 bridgehead atoms. The van der Waals surface area contributed by atoms with Gasteiger partial charge in [0, 0.05) is 25.3 Å². The van der Waals surface area contributed by atoms with Gasteiger partial charge in [-0.25, -0.2) is 4.79 Å². The quantitative estimate of drug-likeness (QED) is 0.610. The first-order valence-corrected chi connectivity index (χ1v) is 11.7. The highest BCUT2D eigenvalue weighted by Crippen LogP contribution is 2.53. The van der Waals surface area contributed by atoms with Crippen molar-refractivity contribution >= 4 is 11.9 Å². The second-order valence-corrected chi connectivity index (χ2v) is 9.26. The standard InChI is InChI=1S/C14H9F3O3.C12H19NO2/c15-14(16,17)20-12-7-6-10(13(18)19)8-11(12)9-4-2-1-3-5-9;14-11(10-2-1-9-15-10)13-7-5-12(3-4-12)6-8-13/h1-8H,(H,18,19);10H,1-9H2. The number of carbonyl (C=O) groups excluding carboxylic acids is 1. The molecule has 9 heteroatoms. The molecule has 3 aliphatic rings. The molecule has 1 aliphatic carbocycles. The number of hydrogen-bond donors (Lipinski definition) is 1. The lowest BCUT2D eigenvalue weighted by Gasteiger charge is -2.33. The number of halogens is 3. The van der Waals surface area contributed by atoms with E-state index in [0.717, 1.165) is 50.7 Å². The molecule has 188 valence electrons. The van der Waals surface area contributed by atoms with E-state index in [0.29, 0.717) is 11.0 Å². The Morgan fingerprint density at radius 3 is 2.26 bits per heavy atom. The van der Waals surface area contributed by atoms with Crippen LogP contribution in [0.5, 0.6) is 5.75 Å². The number of nitrogens with zero attached hydrogens (tertiary/aromatic N) is 1. The zero-order chi connectivity index (χ0) is 25.1. The normalized spacial score (nSPS) is 20.7. The summed E-state index contributed by atoms with van der Waals surface area (Å²) >= 11 is 0. The lowest BCUT2D eigenvalue weighted by atomic mass is 9.93. The van der Waals surface area contributed by atoms with Crippen LogP contribution in [-0.2, 0) is 9.53 Å². The number of amides is 1. The summed E-state index contributed by atoms with van der Waals surface area (Å²) < 4.78 is 46.4. The molecule has 0 radical (unpaired) electrons. The highest BCUT2D eigenvalue weighted by atomic mass is 19.4. The zero-order valence-electron chi connectivity index (χ0n) is 19.2.